The molecule has 0 amide bonds. The number of hydrogen-bond donors (Lipinski definition) is 2. The summed E-state index contributed by atoms with van der Waals surface area (Å²) in [6.45, 7) is 0.0677. The topological polar surface area (TPSA) is 103 Å². The molecule has 0 aliphatic heterocycles. The fraction of sp³-hybridized carbons (Fsp3) is 0.273. The van der Waals surface area contributed by atoms with Gasteiger partial charge in [0, 0.05) is 19.3 Å². The summed E-state index contributed by atoms with van der Waals surface area (Å²) in [6, 6.07) is 1.87. The number of nitrogens with zero attached hydrogens (tertiary/aromatic N) is 3. The fourth-order valence-electron chi connectivity index (χ4n) is 1.65. The zero-order valence-electron chi connectivity index (χ0n) is 10.8. The molecule has 0 saturated heterocycles. The average Bonchev–Trinajstić information content (AvgIpc) is 2.94. The Balaban J connectivity index is 2.17. The zero-order chi connectivity index (χ0) is 15.5. The molecule has 0 aliphatic carbocycles. The lowest BCUT2D eigenvalue weighted by Gasteiger charge is -2.09. The number of sulfonamides is 1. The number of aromatic nitrogens is 3. The van der Waals surface area contributed by atoms with Crippen molar-refractivity contribution in [3.8, 4) is 0 Å². The van der Waals surface area contributed by atoms with Crippen LogP contribution in [0.15, 0.2) is 29.4 Å². The van der Waals surface area contributed by atoms with Crippen LogP contribution in [-0.2, 0) is 23.1 Å². The van der Waals surface area contributed by atoms with Crippen molar-refractivity contribution in [2.75, 3.05) is 6.54 Å². The Kier molecular flexibility index (Phi) is 4.60. The maximum absolute atomic E-state index is 13.7. The SMILES string of the molecule is NCc1cc(F)c(F)c(S(=O)(=O)NCCn2ccnn2)c1. The van der Waals surface area contributed by atoms with Gasteiger partial charge in [-0.15, -0.1) is 5.10 Å². The second-order valence-electron chi connectivity index (χ2n) is 4.16. The standard InChI is InChI=1S/C11H13F2N5O2S/c12-9-5-8(7-14)6-10(11(9)13)21(19,20)16-2-4-18-3-1-15-17-18/h1,3,5-6,16H,2,4,7,14H2. The first kappa shape index (κ1) is 15.5. The Bertz CT molecular complexity index is 718. The molecule has 2 aromatic rings. The van der Waals surface area contributed by atoms with E-state index in [9.17, 15) is 17.2 Å². The van der Waals surface area contributed by atoms with Crippen molar-refractivity contribution in [3.05, 3.63) is 41.7 Å². The molecule has 0 saturated carbocycles. The highest BCUT2D eigenvalue weighted by Gasteiger charge is 2.22. The van der Waals surface area contributed by atoms with Crippen LogP contribution in [0, 0.1) is 11.6 Å². The number of nitrogens with two attached hydrogens (primary N) is 1. The predicted molar refractivity (Wildman–Crippen MR) is 69.5 cm³/mol. The molecule has 0 bridgehead atoms. The number of hydrogen-bond acceptors (Lipinski definition) is 5. The van der Waals surface area contributed by atoms with Crippen LogP contribution < -0.4 is 10.5 Å². The summed E-state index contributed by atoms with van der Waals surface area (Å²) in [5.41, 5.74) is 5.51. The van der Waals surface area contributed by atoms with Crippen molar-refractivity contribution >= 4 is 10.0 Å². The molecule has 0 fully saturated rings. The van der Waals surface area contributed by atoms with E-state index in [4.69, 9.17) is 5.73 Å². The minimum Gasteiger partial charge on any atom is -0.326 e. The van der Waals surface area contributed by atoms with Crippen molar-refractivity contribution in [2.24, 2.45) is 5.73 Å². The van der Waals surface area contributed by atoms with Gasteiger partial charge in [-0.25, -0.2) is 21.9 Å². The van der Waals surface area contributed by atoms with Crippen molar-refractivity contribution in [3.63, 3.8) is 0 Å². The molecule has 114 valence electrons. The molecular formula is C11H13F2N5O2S. The molecule has 1 aromatic carbocycles. The first-order valence-corrected chi connectivity index (χ1v) is 7.44. The Morgan fingerprint density at radius 3 is 2.71 bits per heavy atom. The van der Waals surface area contributed by atoms with Crippen LogP contribution in [0.25, 0.3) is 0 Å². The van der Waals surface area contributed by atoms with Crippen molar-refractivity contribution < 1.29 is 17.2 Å². The third-order valence-corrected chi connectivity index (χ3v) is 4.15. The molecular weight excluding hydrogens is 304 g/mol. The van der Waals surface area contributed by atoms with Gasteiger partial charge < -0.3 is 5.73 Å². The second-order valence-corrected chi connectivity index (χ2v) is 5.89. The number of halogens is 2. The van der Waals surface area contributed by atoms with Gasteiger partial charge in [-0.3, -0.25) is 4.68 Å². The van der Waals surface area contributed by atoms with Gasteiger partial charge in [-0.1, -0.05) is 5.21 Å². The van der Waals surface area contributed by atoms with E-state index in [0.29, 0.717) is 0 Å². The van der Waals surface area contributed by atoms with E-state index >= 15 is 0 Å². The molecule has 2 rings (SSSR count). The highest BCUT2D eigenvalue weighted by molar-refractivity contribution is 7.89. The van der Waals surface area contributed by atoms with Gasteiger partial charge in [0.15, 0.2) is 11.6 Å². The van der Waals surface area contributed by atoms with E-state index in [0.717, 1.165) is 12.1 Å². The highest BCUT2D eigenvalue weighted by atomic mass is 32.2. The van der Waals surface area contributed by atoms with Crippen LogP contribution in [0.4, 0.5) is 8.78 Å². The number of nitrogens with one attached hydrogen (secondary N) is 1. The Hall–Kier alpha value is -1.91. The molecule has 0 aliphatic rings. The summed E-state index contributed by atoms with van der Waals surface area (Å²) in [4.78, 5) is -0.762. The fourth-order valence-corrected chi connectivity index (χ4v) is 2.81. The maximum Gasteiger partial charge on any atom is 0.243 e. The summed E-state index contributed by atoms with van der Waals surface area (Å²) >= 11 is 0. The summed E-state index contributed by atoms with van der Waals surface area (Å²) in [5, 5.41) is 7.20. The van der Waals surface area contributed by atoms with E-state index in [1.54, 1.807) is 6.20 Å². The Labute approximate surface area is 119 Å². The molecule has 0 unspecified atom stereocenters. The highest BCUT2D eigenvalue weighted by Crippen LogP contribution is 2.19. The molecule has 10 heteroatoms. The summed E-state index contributed by atoms with van der Waals surface area (Å²) in [6.07, 6.45) is 2.98. The maximum atomic E-state index is 13.7. The van der Waals surface area contributed by atoms with Crippen LogP contribution in [0.5, 0.6) is 0 Å². The monoisotopic (exact) mass is 317 g/mol. The summed E-state index contributed by atoms with van der Waals surface area (Å²) in [7, 11) is -4.18. The van der Waals surface area contributed by atoms with Gasteiger partial charge in [0.1, 0.15) is 4.90 Å². The molecule has 0 atom stereocenters. The van der Waals surface area contributed by atoms with Gasteiger partial charge in [0.05, 0.1) is 12.7 Å². The third kappa shape index (κ3) is 3.60. The van der Waals surface area contributed by atoms with Gasteiger partial charge in [0.2, 0.25) is 10.0 Å². The van der Waals surface area contributed by atoms with Gasteiger partial charge in [-0.2, -0.15) is 0 Å². The van der Waals surface area contributed by atoms with E-state index in [1.807, 2.05) is 0 Å². The minimum atomic E-state index is -4.18. The van der Waals surface area contributed by atoms with E-state index in [2.05, 4.69) is 15.0 Å². The Morgan fingerprint density at radius 1 is 1.33 bits per heavy atom. The normalized spacial score (nSPS) is 11.8. The first-order chi connectivity index (χ1) is 9.94. The molecule has 1 aromatic heterocycles. The van der Waals surface area contributed by atoms with Crippen molar-refractivity contribution in [1.82, 2.24) is 19.7 Å². The Morgan fingerprint density at radius 2 is 2.10 bits per heavy atom. The van der Waals surface area contributed by atoms with Gasteiger partial charge in [0.25, 0.3) is 0 Å². The summed E-state index contributed by atoms with van der Waals surface area (Å²) in [5.74, 6) is -2.69. The number of rotatable bonds is 6. The van der Waals surface area contributed by atoms with Crippen molar-refractivity contribution in [1.29, 1.82) is 0 Å². The minimum absolute atomic E-state index is 0.0421. The molecule has 7 nitrogen and oxygen atoms in total. The number of benzene rings is 1. The van der Waals surface area contributed by atoms with Crippen LogP contribution >= 0.6 is 0 Å². The molecule has 21 heavy (non-hydrogen) atoms. The van der Waals surface area contributed by atoms with Gasteiger partial charge >= 0.3 is 0 Å². The lowest BCUT2D eigenvalue weighted by molar-refractivity contribution is 0.480. The lowest BCUT2D eigenvalue weighted by atomic mass is 10.2. The van der Waals surface area contributed by atoms with Crippen LogP contribution in [0.2, 0.25) is 0 Å². The quantitative estimate of drug-likeness (QED) is 0.780. The first-order valence-electron chi connectivity index (χ1n) is 5.96. The molecule has 0 spiro atoms. The van der Waals surface area contributed by atoms with E-state index in [-0.39, 0.29) is 25.2 Å². The molecule has 0 radical (unpaired) electrons. The third-order valence-electron chi connectivity index (χ3n) is 2.68. The predicted octanol–water partition coefficient (Wildman–Crippen LogP) is -0.00650. The van der Waals surface area contributed by atoms with E-state index in [1.165, 1.54) is 10.9 Å². The van der Waals surface area contributed by atoms with Crippen LogP contribution in [-0.4, -0.2) is 30.0 Å². The molecule has 3 N–H and O–H groups in total. The zero-order valence-corrected chi connectivity index (χ0v) is 11.6. The lowest BCUT2D eigenvalue weighted by Crippen LogP contribution is -2.28. The van der Waals surface area contributed by atoms with E-state index < -0.39 is 26.6 Å². The van der Waals surface area contributed by atoms with Crippen LogP contribution in [0.3, 0.4) is 0 Å². The smallest absolute Gasteiger partial charge is 0.243 e. The average molecular weight is 317 g/mol. The largest absolute Gasteiger partial charge is 0.326 e. The second kappa shape index (κ2) is 6.24. The van der Waals surface area contributed by atoms with Crippen LogP contribution in [0.1, 0.15) is 5.56 Å². The molecule has 1 heterocycles. The van der Waals surface area contributed by atoms with Gasteiger partial charge in [-0.05, 0) is 17.7 Å². The summed E-state index contributed by atoms with van der Waals surface area (Å²) < 4.78 is 54.6. The van der Waals surface area contributed by atoms with Crippen molar-refractivity contribution in [2.45, 2.75) is 18.0 Å².